The molecule has 2 aromatic rings. The van der Waals surface area contributed by atoms with Crippen LogP contribution in [-0.2, 0) is 14.3 Å². The van der Waals surface area contributed by atoms with Gasteiger partial charge in [-0.15, -0.1) is 0 Å². The van der Waals surface area contributed by atoms with Gasteiger partial charge in [0.1, 0.15) is 22.8 Å². The molecule has 1 N–H and O–H groups in total. The smallest absolute Gasteiger partial charge is 0.346 e. The highest BCUT2D eigenvalue weighted by Crippen LogP contribution is 2.33. The zero-order chi connectivity index (χ0) is 18.7. The third kappa shape index (κ3) is 3.61. The average molecular weight is 352 g/mol. The van der Waals surface area contributed by atoms with Crippen molar-refractivity contribution in [3.05, 3.63) is 65.7 Å². The Morgan fingerprint density at radius 1 is 1.08 bits per heavy atom. The molecule has 0 aliphatic carbocycles. The molecule has 0 bridgehead atoms. The monoisotopic (exact) mass is 352 g/mol. The normalized spacial score (nSPS) is 18.8. The fraction of sp³-hybridized carbons (Fsp3) is 0.238. The number of ether oxygens (including phenoxy) is 2. The lowest BCUT2D eigenvalue weighted by atomic mass is 9.98. The maximum atomic E-state index is 12.5. The Bertz CT molecular complexity index is 852. The minimum Gasteiger partial charge on any atom is -0.506 e. The Morgan fingerprint density at radius 3 is 2.42 bits per heavy atom. The average Bonchev–Trinajstić information content (AvgIpc) is 2.89. The number of hydrogen-bond acceptors (Lipinski definition) is 5. The van der Waals surface area contributed by atoms with Gasteiger partial charge in [-0.1, -0.05) is 44.2 Å². The van der Waals surface area contributed by atoms with Crippen molar-refractivity contribution in [2.75, 3.05) is 0 Å². The number of aliphatic hydroxyl groups excluding tert-OH is 1. The van der Waals surface area contributed by atoms with Crippen LogP contribution in [0.15, 0.2) is 60.2 Å². The molecule has 1 unspecified atom stereocenters. The number of rotatable bonds is 5. The third-order valence-corrected chi connectivity index (χ3v) is 4.03. The standard InChI is InChI=1S/C21H20O5/c1-13(2)12-17-20(23)18(21(24)26-17)19(22)15-10-6-7-11-16(15)25-14-8-4-3-5-9-14/h3-11,13,17,22H,12H2,1-2H3. The molecule has 0 amide bonds. The maximum absolute atomic E-state index is 12.5. The molecule has 0 radical (unpaired) electrons. The number of carbonyl (C=O) groups excluding carboxylic acids is 2. The molecular weight excluding hydrogens is 332 g/mol. The van der Waals surface area contributed by atoms with Gasteiger partial charge in [-0.2, -0.15) is 0 Å². The predicted octanol–water partition coefficient (Wildman–Crippen LogP) is 4.29. The van der Waals surface area contributed by atoms with Crippen LogP contribution in [0.3, 0.4) is 0 Å². The molecule has 1 atom stereocenters. The number of hydrogen-bond donors (Lipinski definition) is 1. The van der Waals surface area contributed by atoms with E-state index in [1.807, 2.05) is 32.0 Å². The van der Waals surface area contributed by atoms with Crippen molar-refractivity contribution >= 4 is 17.5 Å². The van der Waals surface area contributed by atoms with E-state index in [0.717, 1.165) is 0 Å². The Kier molecular flexibility index (Phi) is 5.07. The van der Waals surface area contributed by atoms with E-state index in [0.29, 0.717) is 17.9 Å². The molecule has 0 spiro atoms. The van der Waals surface area contributed by atoms with Crippen molar-refractivity contribution in [1.29, 1.82) is 0 Å². The molecule has 1 heterocycles. The molecule has 3 rings (SSSR count). The maximum Gasteiger partial charge on any atom is 0.346 e. The summed E-state index contributed by atoms with van der Waals surface area (Å²) in [6.45, 7) is 3.87. The van der Waals surface area contributed by atoms with Crippen LogP contribution in [0.1, 0.15) is 25.8 Å². The molecule has 5 nitrogen and oxygen atoms in total. The van der Waals surface area contributed by atoms with Gasteiger partial charge >= 0.3 is 5.97 Å². The van der Waals surface area contributed by atoms with E-state index >= 15 is 0 Å². The Morgan fingerprint density at radius 2 is 1.73 bits per heavy atom. The Labute approximate surface area is 151 Å². The summed E-state index contributed by atoms with van der Waals surface area (Å²) in [5, 5.41) is 10.6. The van der Waals surface area contributed by atoms with Crippen LogP contribution < -0.4 is 4.74 Å². The van der Waals surface area contributed by atoms with Crippen molar-refractivity contribution < 1.29 is 24.2 Å². The van der Waals surface area contributed by atoms with Crippen LogP contribution in [0, 0.1) is 5.92 Å². The summed E-state index contributed by atoms with van der Waals surface area (Å²) in [6.07, 6.45) is -0.425. The quantitative estimate of drug-likeness (QED) is 0.376. The Balaban J connectivity index is 1.97. The summed E-state index contributed by atoms with van der Waals surface area (Å²) in [7, 11) is 0. The van der Waals surface area contributed by atoms with Gasteiger partial charge in [0, 0.05) is 0 Å². The van der Waals surface area contributed by atoms with E-state index in [2.05, 4.69) is 0 Å². The van der Waals surface area contributed by atoms with Gasteiger partial charge in [-0.25, -0.2) is 4.79 Å². The first-order valence-corrected chi connectivity index (χ1v) is 8.48. The van der Waals surface area contributed by atoms with Gasteiger partial charge in [0.25, 0.3) is 0 Å². The number of Topliss-reactive ketones (excluding diaryl/α,β-unsaturated/α-hetero) is 1. The van der Waals surface area contributed by atoms with Gasteiger partial charge in [-0.05, 0) is 36.6 Å². The number of carbonyl (C=O) groups is 2. The zero-order valence-electron chi connectivity index (χ0n) is 14.6. The van der Waals surface area contributed by atoms with Crippen molar-refractivity contribution in [3.8, 4) is 11.5 Å². The first kappa shape index (κ1) is 17.7. The molecule has 1 aliphatic heterocycles. The summed E-state index contributed by atoms with van der Waals surface area (Å²) in [4.78, 5) is 24.7. The van der Waals surface area contributed by atoms with Gasteiger partial charge in [0.05, 0.1) is 5.56 Å². The molecule has 1 saturated heterocycles. The lowest BCUT2D eigenvalue weighted by Crippen LogP contribution is -2.18. The highest BCUT2D eigenvalue weighted by Gasteiger charge is 2.41. The van der Waals surface area contributed by atoms with Crippen molar-refractivity contribution in [2.24, 2.45) is 5.92 Å². The van der Waals surface area contributed by atoms with Crippen molar-refractivity contribution in [2.45, 2.75) is 26.4 Å². The summed E-state index contributed by atoms with van der Waals surface area (Å²) in [5.41, 5.74) is -0.0541. The van der Waals surface area contributed by atoms with E-state index < -0.39 is 23.6 Å². The zero-order valence-corrected chi connectivity index (χ0v) is 14.6. The van der Waals surface area contributed by atoms with Crippen molar-refractivity contribution in [3.63, 3.8) is 0 Å². The first-order chi connectivity index (χ1) is 12.5. The molecule has 134 valence electrons. The number of aliphatic hydroxyl groups is 1. The molecule has 1 aliphatic rings. The van der Waals surface area contributed by atoms with E-state index in [1.54, 1.807) is 36.4 Å². The lowest BCUT2D eigenvalue weighted by molar-refractivity contribution is -0.141. The summed E-state index contributed by atoms with van der Waals surface area (Å²) < 4.78 is 10.9. The second kappa shape index (κ2) is 7.44. The highest BCUT2D eigenvalue weighted by atomic mass is 16.6. The minimum atomic E-state index is -0.846. The Hall–Kier alpha value is -3.08. The van der Waals surface area contributed by atoms with Crippen LogP contribution in [-0.4, -0.2) is 23.0 Å². The summed E-state index contributed by atoms with van der Waals surface area (Å²) >= 11 is 0. The number of esters is 1. The number of benzene rings is 2. The molecular formula is C21H20O5. The van der Waals surface area contributed by atoms with Gasteiger partial charge in [0.2, 0.25) is 5.78 Å². The van der Waals surface area contributed by atoms with E-state index in [-0.39, 0.29) is 17.1 Å². The molecule has 2 aromatic carbocycles. The summed E-state index contributed by atoms with van der Waals surface area (Å²) in [5.74, 6) is -0.597. The second-order valence-corrected chi connectivity index (χ2v) is 6.52. The van der Waals surface area contributed by atoms with Crippen molar-refractivity contribution in [1.82, 2.24) is 0 Å². The predicted molar refractivity (Wildman–Crippen MR) is 96.8 cm³/mol. The molecule has 0 aromatic heterocycles. The van der Waals surface area contributed by atoms with E-state index in [1.165, 1.54) is 0 Å². The van der Waals surface area contributed by atoms with Crippen LogP contribution in [0.25, 0.3) is 5.76 Å². The fourth-order valence-electron chi connectivity index (χ4n) is 2.80. The summed E-state index contributed by atoms with van der Waals surface area (Å²) in [6, 6.07) is 15.8. The van der Waals surface area contributed by atoms with Gasteiger partial charge < -0.3 is 14.6 Å². The third-order valence-electron chi connectivity index (χ3n) is 4.03. The van der Waals surface area contributed by atoms with Gasteiger partial charge in [0.15, 0.2) is 6.10 Å². The van der Waals surface area contributed by atoms with Crippen LogP contribution in [0.4, 0.5) is 0 Å². The van der Waals surface area contributed by atoms with Crippen LogP contribution in [0.2, 0.25) is 0 Å². The fourth-order valence-corrected chi connectivity index (χ4v) is 2.80. The lowest BCUT2D eigenvalue weighted by Gasteiger charge is -2.11. The topological polar surface area (TPSA) is 72.8 Å². The number of para-hydroxylation sites is 2. The van der Waals surface area contributed by atoms with Gasteiger partial charge in [-0.3, -0.25) is 4.79 Å². The SMILES string of the molecule is CC(C)CC1OC(=O)C(=C(O)c2ccccc2Oc2ccccc2)C1=O. The number of ketones is 1. The second-order valence-electron chi connectivity index (χ2n) is 6.52. The molecule has 1 fully saturated rings. The minimum absolute atomic E-state index is 0.187. The molecule has 0 saturated carbocycles. The molecule has 26 heavy (non-hydrogen) atoms. The first-order valence-electron chi connectivity index (χ1n) is 8.48. The van der Waals surface area contributed by atoms with E-state index in [9.17, 15) is 14.7 Å². The number of cyclic esters (lactones) is 1. The van der Waals surface area contributed by atoms with E-state index in [4.69, 9.17) is 9.47 Å². The molecule has 5 heteroatoms. The van der Waals surface area contributed by atoms with Crippen LogP contribution >= 0.6 is 0 Å². The largest absolute Gasteiger partial charge is 0.506 e. The highest BCUT2D eigenvalue weighted by molar-refractivity contribution is 6.27. The van der Waals surface area contributed by atoms with Crippen LogP contribution in [0.5, 0.6) is 11.5 Å².